The van der Waals surface area contributed by atoms with E-state index in [2.05, 4.69) is 47.7 Å². The molecule has 148 valence electrons. The van der Waals surface area contributed by atoms with Crippen molar-refractivity contribution in [3.8, 4) is 0 Å². The third-order valence-electron chi connectivity index (χ3n) is 5.73. The zero-order valence-corrected chi connectivity index (χ0v) is 19.2. The number of nitrogens with zero attached hydrogens (tertiary/aromatic N) is 4. The second-order valence-corrected chi connectivity index (χ2v) is 7.08. The molecule has 2 unspecified atom stereocenters. The molecule has 0 spiro atoms. The molecule has 0 radical (unpaired) electrons. The van der Waals surface area contributed by atoms with Crippen LogP contribution in [-0.4, -0.2) is 85.1 Å². The molecule has 2 aliphatic heterocycles. The van der Waals surface area contributed by atoms with Crippen molar-refractivity contribution in [1.82, 2.24) is 20.0 Å². The fourth-order valence-corrected chi connectivity index (χ4v) is 4.27. The number of guanidine groups is 1. The minimum Gasteiger partial charge on any atom is -0.357 e. The van der Waals surface area contributed by atoms with Gasteiger partial charge in [-0.05, 0) is 52.4 Å². The van der Waals surface area contributed by atoms with Crippen LogP contribution in [0.2, 0.25) is 0 Å². The Bertz CT molecular complexity index is 386. The van der Waals surface area contributed by atoms with Crippen LogP contribution in [0, 0.1) is 0 Å². The van der Waals surface area contributed by atoms with Crippen molar-refractivity contribution in [3.05, 3.63) is 0 Å². The second kappa shape index (κ2) is 12.3. The lowest BCUT2D eigenvalue weighted by Crippen LogP contribution is -2.45. The number of aliphatic imine (C=N–C) groups is 1. The first kappa shape index (κ1) is 23.0. The van der Waals surface area contributed by atoms with Gasteiger partial charge >= 0.3 is 0 Å². The molecule has 6 heteroatoms. The Kier molecular flexibility index (Phi) is 11.3. The monoisotopic (exact) mass is 465 g/mol. The predicted octanol–water partition coefficient (Wildman–Crippen LogP) is 2.86. The summed E-state index contributed by atoms with van der Waals surface area (Å²) < 4.78 is 0. The molecule has 0 aromatic rings. The van der Waals surface area contributed by atoms with E-state index < -0.39 is 0 Å². The summed E-state index contributed by atoms with van der Waals surface area (Å²) in [5.41, 5.74) is 0. The molecule has 2 rings (SSSR count). The normalized spacial score (nSPS) is 25.3. The molecule has 2 aliphatic rings. The summed E-state index contributed by atoms with van der Waals surface area (Å²) in [6.07, 6.45) is 5.28. The Morgan fingerprint density at radius 2 is 1.84 bits per heavy atom. The summed E-state index contributed by atoms with van der Waals surface area (Å²) in [4.78, 5) is 12.7. The standard InChI is InChI=1S/C19H39N5.HI/c1-5-20-19(21-15-17-11-9-10-13-23(17)8-4)24-14-12-18(16-24)22(6-2)7-3;/h17-18H,5-16H2,1-4H3,(H,20,21);1H. The van der Waals surface area contributed by atoms with E-state index in [1.165, 1.54) is 32.2 Å². The van der Waals surface area contributed by atoms with Crippen LogP contribution in [0.25, 0.3) is 0 Å². The molecule has 2 heterocycles. The lowest BCUT2D eigenvalue weighted by molar-refractivity contribution is 0.161. The number of hydrogen-bond acceptors (Lipinski definition) is 3. The molecule has 0 saturated carbocycles. The summed E-state index contributed by atoms with van der Waals surface area (Å²) in [5.74, 6) is 1.13. The highest BCUT2D eigenvalue weighted by atomic mass is 127. The molecule has 25 heavy (non-hydrogen) atoms. The highest BCUT2D eigenvalue weighted by molar-refractivity contribution is 14.0. The fraction of sp³-hybridized carbons (Fsp3) is 0.947. The van der Waals surface area contributed by atoms with Crippen LogP contribution in [-0.2, 0) is 0 Å². The predicted molar refractivity (Wildman–Crippen MR) is 119 cm³/mol. The molecule has 0 bridgehead atoms. The fourth-order valence-electron chi connectivity index (χ4n) is 4.27. The molecule has 0 amide bonds. The summed E-state index contributed by atoms with van der Waals surface area (Å²) in [5, 5.41) is 3.53. The first-order valence-electron chi connectivity index (χ1n) is 10.2. The van der Waals surface area contributed by atoms with Gasteiger partial charge in [0.15, 0.2) is 5.96 Å². The molecule has 1 N–H and O–H groups in total. The molecular weight excluding hydrogens is 425 g/mol. The number of halogens is 1. The highest BCUT2D eigenvalue weighted by Crippen LogP contribution is 2.18. The molecule has 5 nitrogen and oxygen atoms in total. The van der Waals surface area contributed by atoms with E-state index in [0.29, 0.717) is 12.1 Å². The highest BCUT2D eigenvalue weighted by Gasteiger charge is 2.28. The second-order valence-electron chi connectivity index (χ2n) is 7.08. The van der Waals surface area contributed by atoms with E-state index in [1.807, 2.05) is 0 Å². The number of likely N-dealkylation sites (N-methyl/N-ethyl adjacent to an activating group) is 2. The Morgan fingerprint density at radius 1 is 1.08 bits per heavy atom. The van der Waals surface area contributed by atoms with Crippen molar-refractivity contribution in [3.63, 3.8) is 0 Å². The van der Waals surface area contributed by atoms with Crippen molar-refractivity contribution in [2.24, 2.45) is 4.99 Å². The van der Waals surface area contributed by atoms with Crippen LogP contribution in [0.5, 0.6) is 0 Å². The molecule has 2 atom stereocenters. The molecule has 0 aromatic heterocycles. The molecule has 2 saturated heterocycles. The van der Waals surface area contributed by atoms with Crippen molar-refractivity contribution >= 4 is 29.9 Å². The number of piperidine rings is 1. The van der Waals surface area contributed by atoms with Gasteiger partial charge in [-0.1, -0.05) is 27.2 Å². The van der Waals surface area contributed by atoms with E-state index in [4.69, 9.17) is 4.99 Å². The SMILES string of the molecule is CCNC(=NCC1CCCCN1CC)N1CCC(N(CC)CC)C1.I. The van der Waals surface area contributed by atoms with Gasteiger partial charge in [-0.15, -0.1) is 24.0 Å². The number of hydrogen-bond donors (Lipinski definition) is 1. The zero-order valence-electron chi connectivity index (χ0n) is 16.8. The number of rotatable bonds is 7. The third-order valence-corrected chi connectivity index (χ3v) is 5.73. The van der Waals surface area contributed by atoms with Crippen LogP contribution in [0.3, 0.4) is 0 Å². The lowest BCUT2D eigenvalue weighted by atomic mass is 10.0. The van der Waals surface area contributed by atoms with Gasteiger partial charge in [0.25, 0.3) is 0 Å². The molecular formula is C19H40IN5. The Hall–Kier alpha value is -0.0800. The average Bonchev–Trinajstić information content (AvgIpc) is 3.09. The summed E-state index contributed by atoms with van der Waals surface area (Å²) in [7, 11) is 0. The van der Waals surface area contributed by atoms with Crippen LogP contribution in [0.4, 0.5) is 0 Å². The van der Waals surface area contributed by atoms with E-state index in [9.17, 15) is 0 Å². The average molecular weight is 465 g/mol. The van der Waals surface area contributed by atoms with E-state index in [0.717, 1.165) is 51.8 Å². The van der Waals surface area contributed by atoms with Gasteiger partial charge in [0.2, 0.25) is 0 Å². The van der Waals surface area contributed by atoms with Gasteiger partial charge in [-0.3, -0.25) is 14.8 Å². The van der Waals surface area contributed by atoms with Crippen LogP contribution >= 0.6 is 24.0 Å². The summed E-state index contributed by atoms with van der Waals surface area (Å²) in [6.45, 7) is 17.9. The maximum absolute atomic E-state index is 5.03. The van der Waals surface area contributed by atoms with E-state index >= 15 is 0 Å². The Labute approximate surface area is 172 Å². The maximum Gasteiger partial charge on any atom is 0.194 e. The van der Waals surface area contributed by atoms with Crippen LogP contribution in [0.1, 0.15) is 53.4 Å². The minimum atomic E-state index is 0. The number of nitrogens with one attached hydrogen (secondary N) is 1. The number of likely N-dealkylation sites (tertiary alicyclic amines) is 2. The Balaban J connectivity index is 0.00000312. The molecule has 0 aliphatic carbocycles. The Morgan fingerprint density at radius 3 is 2.48 bits per heavy atom. The maximum atomic E-state index is 5.03. The van der Waals surface area contributed by atoms with Crippen molar-refractivity contribution in [2.45, 2.75) is 65.5 Å². The van der Waals surface area contributed by atoms with Crippen molar-refractivity contribution in [2.75, 3.05) is 52.4 Å². The smallest absolute Gasteiger partial charge is 0.194 e. The van der Waals surface area contributed by atoms with Crippen molar-refractivity contribution in [1.29, 1.82) is 0 Å². The van der Waals surface area contributed by atoms with Gasteiger partial charge in [-0.25, -0.2) is 0 Å². The summed E-state index contributed by atoms with van der Waals surface area (Å²) in [6, 6.07) is 1.32. The first-order chi connectivity index (χ1) is 11.7. The van der Waals surface area contributed by atoms with Gasteiger partial charge in [0, 0.05) is 31.7 Å². The minimum absolute atomic E-state index is 0. The lowest BCUT2D eigenvalue weighted by Gasteiger charge is -2.34. The molecule has 0 aromatic carbocycles. The molecule has 2 fully saturated rings. The van der Waals surface area contributed by atoms with Crippen LogP contribution in [0.15, 0.2) is 4.99 Å². The van der Waals surface area contributed by atoms with Gasteiger partial charge in [0.1, 0.15) is 0 Å². The zero-order chi connectivity index (χ0) is 17.4. The quantitative estimate of drug-likeness (QED) is 0.356. The van der Waals surface area contributed by atoms with Gasteiger partial charge in [0.05, 0.1) is 6.54 Å². The van der Waals surface area contributed by atoms with E-state index in [1.54, 1.807) is 0 Å². The topological polar surface area (TPSA) is 34.1 Å². The summed E-state index contributed by atoms with van der Waals surface area (Å²) >= 11 is 0. The third kappa shape index (κ3) is 6.54. The van der Waals surface area contributed by atoms with Gasteiger partial charge < -0.3 is 10.2 Å². The van der Waals surface area contributed by atoms with Crippen LogP contribution < -0.4 is 5.32 Å². The van der Waals surface area contributed by atoms with Crippen molar-refractivity contribution < 1.29 is 0 Å². The first-order valence-corrected chi connectivity index (χ1v) is 10.2. The van der Waals surface area contributed by atoms with Gasteiger partial charge in [-0.2, -0.15) is 0 Å². The largest absolute Gasteiger partial charge is 0.357 e. The van der Waals surface area contributed by atoms with E-state index in [-0.39, 0.29) is 24.0 Å².